The fraction of sp³-hybridized carbons (Fsp3) is 0.727. The van der Waals surface area contributed by atoms with Crippen molar-refractivity contribution in [2.75, 3.05) is 0 Å². The SMILES string of the molecule is CCC1(C=O)CCC(C)=C(C)C1. The van der Waals surface area contributed by atoms with Gasteiger partial charge in [-0.1, -0.05) is 18.1 Å². The summed E-state index contributed by atoms with van der Waals surface area (Å²) >= 11 is 0. The molecule has 1 nitrogen and oxygen atoms in total. The van der Waals surface area contributed by atoms with Crippen molar-refractivity contribution in [1.29, 1.82) is 0 Å². The summed E-state index contributed by atoms with van der Waals surface area (Å²) in [5, 5.41) is 0. The highest BCUT2D eigenvalue weighted by Crippen LogP contribution is 2.39. The van der Waals surface area contributed by atoms with Crippen LogP contribution in [-0.2, 0) is 4.79 Å². The van der Waals surface area contributed by atoms with Gasteiger partial charge in [0.05, 0.1) is 0 Å². The molecular weight excluding hydrogens is 148 g/mol. The first-order valence-corrected chi connectivity index (χ1v) is 4.75. The van der Waals surface area contributed by atoms with E-state index in [9.17, 15) is 4.79 Å². The summed E-state index contributed by atoms with van der Waals surface area (Å²) in [6.45, 7) is 6.45. The molecule has 12 heavy (non-hydrogen) atoms. The third-order valence-electron chi connectivity index (χ3n) is 3.30. The van der Waals surface area contributed by atoms with E-state index in [1.807, 2.05) is 0 Å². The van der Waals surface area contributed by atoms with E-state index in [4.69, 9.17) is 0 Å². The van der Waals surface area contributed by atoms with Gasteiger partial charge in [0, 0.05) is 5.41 Å². The normalized spacial score (nSPS) is 30.6. The highest BCUT2D eigenvalue weighted by atomic mass is 16.1. The van der Waals surface area contributed by atoms with E-state index in [1.54, 1.807) is 0 Å². The Kier molecular flexibility index (Phi) is 2.71. The summed E-state index contributed by atoms with van der Waals surface area (Å²) in [7, 11) is 0. The number of hydrogen-bond donors (Lipinski definition) is 0. The summed E-state index contributed by atoms with van der Waals surface area (Å²) in [5.41, 5.74) is 2.89. The van der Waals surface area contributed by atoms with Gasteiger partial charge in [0.1, 0.15) is 6.29 Å². The maximum atomic E-state index is 10.9. The van der Waals surface area contributed by atoms with Gasteiger partial charge in [0.15, 0.2) is 0 Å². The Labute approximate surface area is 74.9 Å². The molecule has 0 bridgehead atoms. The van der Waals surface area contributed by atoms with Crippen molar-refractivity contribution in [3.05, 3.63) is 11.1 Å². The van der Waals surface area contributed by atoms with Crippen LogP contribution < -0.4 is 0 Å². The second kappa shape index (κ2) is 3.42. The monoisotopic (exact) mass is 166 g/mol. The predicted octanol–water partition coefficient (Wildman–Crippen LogP) is 3.10. The van der Waals surface area contributed by atoms with E-state index >= 15 is 0 Å². The van der Waals surface area contributed by atoms with E-state index < -0.39 is 0 Å². The molecule has 68 valence electrons. The van der Waals surface area contributed by atoms with Crippen LogP contribution >= 0.6 is 0 Å². The lowest BCUT2D eigenvalue weighted by atomic mass is 9.71. The molecule has 0 aromatic carbocycles. The molecule has 0 aliphatic heterocycles. The molecule has 0 spiro atoms. The molecule has 0 amide bonds. The zero-order chi connectivity index (χ0) is 9.19. The molecule has 0 N–H and O–H groups in total. The Balaban J connectivity index is 2.82. The Morgan fingerprint density at radius 1 is 1.42 bits per heavy atom. The van der Waals surface area contributed by atoms with Crippen LogP contribution in [0.15, 0.2) is 11.1 Å². The fourth-order valence-electron chi connectivity index (χ4n) is 1.90. The molecule has 1 aliphatic carbocycles. The van der Waals surface area contributed by atoms with Gasteiger partial charge in [-0.25, -0.2) is 0 Å². The Morgan fingerprint density at radius 3 is 2.50 bits per heavy atom. The molecular formula is C11H18O. The number of carbonyl (C=O) groups excluding carboxylic acids is 1. The second-order valence-corrected chi connectivity index (χ2v) is 4.07. The molecule has 0 saturated carbocycles. The maximum absolute atomic E-state index is 10.9. The van der Waals surface area contributed by atoms with Gasteiger partial charge in [0.25, 0.3) is 0 Å². The van der Waals surface area contributed by atoms with Crippen LogP contribution in [0.5, 0.6) is 0 Å². The minimum atomic E-state index is -0.0242. The number of carbonyl (C=O) groups is 1. The largest absolute Gasteiger partial charge is 0.303 e. The molecule has 0 fully saturated rings. The van der Waals surface area contributed by atoms with Crippen LogP contribution in [0.1, 0.15) is 46.5 Å². The summed E-state index contributed by atoms with van der Waals surface area (Å²) in [6, 6.07) is 0. The molecule has 1 unspecified atom stereocenters. The first-order valence-electron chi connectivity index (χ1n) is 4.75. The average Bonchev–Trinajstić information content (AvgIpc) is 2.10. The van der Waals surface area contributed by atoms with Crippen LogP contribution in [-0.4, -0.2) is 6.29 Å². The van der Waals surface area contributed by atoms with Crippen LogP contribution in [0.4, 0.5) is 0 Å². The molecule has 1 heteroatoms. The molecule has 0 aromatic rings. The number of rotatable bonds is 2. The van der Waals surface area contributed by atoms with Gasteiger partial charge in [0.2, 0.25) is 0 Å². The van der Waals surface area contributed by atoms with Crippen molar-refractivity contribution in [2.45, 2.75) is 46.5 Å². The maximum Gasteiger partial charge on any atom is 0.126 e. The fourth-order valence-corrected chi connectivity index (χ4v) is 1.90. The second-order valence-electron chi connectivity index (χ2n) is 4.07. The lowest BCUT2D eigenvalue weighted by Crippen LogP contribution is -2.25. The van der Waals surface area contributed by atoms with Crippen LogP contribution in [0.2, 0.25) is 0 Å². The predicted molar refractivity (Wildman–Crippen MR) is 51.0 cm³/mol. The molecule has 0 saturated heterocycles. The zero-order valence-corrected chi connectivity index (χ0v) is 8.31. The zero-order valence-electron chi connectivity index (χ0n) is 8.31. The first-order chi connectivity index (χ1) is 5.63. The number of hydrogen-bond acceptors (Lipinski definition) is 1. The number of aldehydes is 1. The Hall–Kier alpha value is -0.590. The molecule has 0 aromatic heterocycles. The highest BCUT2D eigenvalue weighted by Gasteiger charge is 2.31. The summed E-state index contributed by atoms with van der Waals surface area (Å²) < 4.78 is 0. The Morgan fingerprint density at radius 2 is 2.08 bits per heavy atom. The quantitative estimate of drug-likeness (QED) is 0.455. The number of allylic oxidation sites excluding steroid dienone is 2. The minimum Gasteiger partial charge on any atom is -0.303 e. The van der Waals surface area contributed by atoms with Gasteiger partial charge in [-0.3, -0.25) is 0 Å². The lowest BCUT2D eigenvalue weighted by Gasteiger charge is -2.32. The van der Waals surface area contributed by atoms with E-state index in [0.29, 0.717) is 0 Å². The minimum absolute atomic E-state index is 0.0242. The van der Waals surface area contributed by atoms with Gasteiger partial charge >= 0.3 is 0 Å². The molecule has 1 atom stereocenters. The van der Waals surface area contributed by atoms with Crippen molar-refractivity contribution >= 4 is 6.29 Å². The van der Waals surface area contributed by atoms with Crippen molar-refractivity contribution in [3.8, 4) is 0 Å². The van der Waals surface area contributed by atoms with Crippen LogP contribution in [0.3, 0.4) is 0 Å². The molecule has 0 radical (unpaired) electrons. The summed E-state index contributed by atoms with van der Waals surface area (Å²) in [6.07, 6.45) is 5.30. The van der Waals surface area contributed by atoms with Crippen LogP contribution in [0, 0.1) is 5.41 Å². The molecule has 1 aliphatic rings. The summed E-state index contributed by atoms with van der Waals surface area (Å²) in [5.74, 6) is 0. The first kappa shape index (κ1) is 9.50. The van der Waals surface area contributed by atoms with E-state index in [0.717, 1.165) is 25.7 Å². The lowest BCUT2D eigenvalue weighted by molar-refractivity contribution is -0.117. The van der Waals surface area contributed by atoms with E-state index in [-0.39, 0.29) is 5.41 Å². The van der Waals surface area contributed by atoms with Crippen molar-refractivity contribution in [1.82, 2.24) is 0 Å². The molecule has 0 heterocycles. The third kappa shape index (κ3) is 1.60. The molecule has 1 rings (SSSR count). The van der Waals surface area contributed by atoms with Crippen molar-refractivity contribution in [2.24, 2.45) is 5.41 Å². The average molecular weight is 166 g/mol. The van der Waals surface area contributed by atoms with Crippen LogP contribution in [0.25, 0.3) is 0 Å². The van der Waals surface area contributed by atoms with Gasteiger partial charge in [-0.05, 0) is 39.5 Å². The van der Waals surface area contributed by atoms with E-state index in [1.165, 1.54) is 17.4 Å². The van der Waals surface area contributed by atoms with E-state index in [2.05, 4.69) is 20.8 Å². The van der Waals surface area contributed by atoms with Gasteiger partial charge in [-0.2, -0.15) is 0 Å². The Bertz CT molecular complexity index is 215. The smallest absolute Gasteiger partial charge is 0.126 e. The topological polar surface area (TPSA) is 17.1 Å². The highest BCUT2D eigenvalue weighted by molar-refractivity contribution is 5.60. The van der Waals surface area contributed by atoms with Crippen molar-refractivity contribution in [3.63, 3.8) is 0 Å². The van der Waals surface area contributed by atoms with Crippen molar-refractivity contribution < 1.29 is 4.79 Å². The van der Waals surface area contributed by atoms with Gasteiger partial charge < -0.3 is 4.79 Å². The van der Waals surface area contributed by atoms with Gasteiger partial charge in [-0.15, -0.1) is 0 Å². The standard InChI is InChI=1S/C11H18O/c1-4-11(8-12)6-5-9(2)10(3)7-11/h8H,4-7H2,1-3H3. The third-order valence-corrected chi connectivity index (χ3v) is 3.30. The summed E-state index contributed by atoms with van der Waals surface area (Å²) in [4.78, 5) is 10.9.